The summed E-state index contributed by atoms with van der Waals surface area (Å²) in [6.45, 7) is 4.54. The first kappa shape index (κ1) is 29.7. The Balaban J connectivity index is 1.94. The van der Waals surface area contributed by atoms with Crippen molar-refractivity contribution in [2.45, 2.75) is 71.6 Å². The van der Waals surface area contributed by atoms with Gasteiger partial charge in [0.15, 0.2) is 0 Å². The first-order valence-corrected chi connectivity index (χ1v) is 18.6. The van der Waals surface area contributed by atoms with Crippen LogP contribution in [0.4, 0.5) is 0 Å². The van der Waals surface area contributed by atoms with E-state index in [1.54, 1.807) is 0 Å². The molecule has 2 nitrogen and oxygen atoms in total. The Morgan fingerprint density at radius 1 is 0.688 bits per heavy atom. The van der Waals surface area contributed by atoms with Crippen molar-refractivity contribution < 1.29 is 9.90 Å². The van der Waals surface area contributed by atoms with Gasteiger partial charge in [0.05, 0.1) is 25.4 Å². The molecule has 1 N–H and O–H groups in total. The Bertz CT molecular complexity index is 676. The third kappa shape index (κ3) is 11.0. The van der Waals surface area contributed by atoms with Crippen molar-refractivity contribution in [2.24, 2.45) is 0 Å². The average molecular weight is 587 g/mol. The van der Waals surface area contributed by atoms with Crippen LogP contribution in [0.1, 0.15) is 71.6 Å². The lowest BCUT2D eigenvalue weighted by Crippen LogP contribution is -1.94. The SMILES string of the molecule is CCCCCSC1=C(SCCCCC)SC(=C2SC(SC)=C(SCCCCC(=O)O)S2)S1. The standard InChI is InChI=1S/C22H34O2S8/c1-4-6-9-13-27-19-20(28-14-10-7-5-2)32-22(31-19)21-29-17(25-3)18(30-21)26-15-11-8-12-16(23)24/h4-15H2,1-3H3,(H,23,24). The van der Waals surface area contributed by atoms with Gasteiger partial charge in [0.25, 0.3) is 0 Å². The molecule has 2 aliphatic heterocycles. The smallest absolute Gasteiger partial charge is 0.303 e. The van der Waals surface area contributed by atoms with Crippen LogP contribution < -0.4 is 0 Å². The minimum Gasteiger partial charge on any atom is -0.481 e. The van der Waals surface area contributed by atoms with Gasteiger partial charge in [-0.2, -0.15) is 0 Å². The highest BCUT2D eigenvalue weighted by molar-refractivity contribution is 8.45. The molecule has 2 aliphatic rings. The average Bonchev–Trinajstić information content (AvgIpc) is 3.37. The van der Waals surface area contributed by atoms with Crippen LogP contribution in [0.15, 0.2) is 25.4 Å². The van der Waals surface area contributed by atoms with Crippen molar-refractivity contribution in [1.29, 1.82) is 0 Å². The summed E-state index contributed by atoms with van der Waals surface area (Å²) in [4.78, 5) is 10.7. The van der Waals surface area contributed by atoms with Gasteiger partial charge in [0, 0.05) is 6.42 Å². The van der Waals surface area contributed by atoms with E-state index < -0.39 is 5.97 Å². The molecule has 2 rings (SSSR count). The molecule has 182 valence electrons. The van der Waals surface area contributed by atoms with Gasteiger partial charge >= 0.3 is 5.97 Å². The molecule has 0 saturated heterocycles. The zero-order valence-electron chi connectivity index (χ0n) is 19.1. The predicted octanol–water partition coefficient (Wildman–Crippen LogP) is 10.5. The van der Waals surface area contributed by atoms with Crippen molar-refractivity contribution in [2.75, 3.05) is 23.5 Å². The normalized spacial score (nSPS) is 16.7. The topological polar surface area (TPSA) is 37.3 Å². The second-order valence-corrected chi connectivity index (χ2v) is 16.9. The summed E-state index contributed by atoms with van der Waals surface area (Å²) in [5, 5.41) is 8.82. The van der Waals surface area contributed by atoms with E-state index in [9.17, 15) is 4.79 Å². The summed E-state index contributed by atoms with van der Waals surface area (Å²) in [6.07, 6.45) is 12.0. The third-order valence-electron chi connectivity index (χ3n) is 4.41. The van der Waals surface area contributed by atoms with Gasteiger partial charge < -0.3 is 5.11 Å². The molecule has 0 atom stereocenters. The lowest BCUT2D eigenvalue weighted by molar-refractivity contribution is -0.137. The van der Waals surface area contributed by atoms with Crippen molar-refractivity contribution in [3.05, 3.63) is 25.4 Å². The maximum Gasteiger partial charge on any atom is 0.303 e. The molecule has 0 radical (unpaired) electrons. The first-order valence-electron chi connectivity index (χ1n) is 11.2. The van der Waals surface area contributed by atoms with E-state index in [-0.39, 0.29) is 6.42 Å². The van der Waals surface area contributed by atoms with Crippen LogP contribution >= 0.6 is 94.1 Å². The highest BCUT2D eigenvalue weighted by Crippen LogP contribution is 2.66. The van der Waals surface area contributed by atoms with Crippen molar-refractivity contribution in [3.63, 3.8) is 0 Å². The Morgan fingerprint density at radius 3 is 1.50 bits per heavy atom. The van der Waals surface area contributed by atoms with E-state index in [1.807, 2.05) is 70.6 Å². The Hall–Kier alpha value is 1.49. The lowest BCUT2D eigenvalue weighted by atomic mass is 10.3. The molecular formula is C22H34O2S8. The quantitative estimate of drug-likeness (QED) is 0.166. The van der Waals surface area contributed by atoms with E-state index in [2.05, 4.69) is 43.6 Å². The largest absolute Gasteiger partial charge is 0.481 e. The summed E-state index contributed by atoms with van der Waals surface area (Å²) in [6, 6.07) is 0. The van der Waals surface area contributed by atoms with Gasteiger partial charge in [-0.05, 0) is 49.2 Å². The van der Waals surface area contributed by atoms with E-state index >= 15 is 0 Å². The zero-order chi connectivity index (χ0) is 23.2. The maximum atomic E-state index is 10.7. The van der Waals surface area contributed by atoms with E-state index in [0.717, 1.165) is 18.6 Å². The van der Waals surface area contributed by atoms with Crippen LogP contribution in [-0.4, -0.2) is 34.6 Å². The Kier molecular flexibility index (Phi) is 16.6. The van der Waals surface area contributed by atoms with Crippen molar-refractivity contribution in [3.8, 4) is 0 Å². The predicted molar refractivity (Wildman–Crippen MR) is 163 cm³/mol. The summed E-state index contributed by atoms with van der Waals surface area (Å²) in [5.74, 6) is 2.76. The molecule has 0 aromatic carbocycles. The summed E-state index contributed by atoms with van der Waals surface area (Å²) >= 11 is 15.7. The van der Waals surface area contributed by atoms with Crippen LogP contribution in [0, 0.1) is 0 Å². The molecule has 32 heavy (non-hydrogen) atoms. The molecule has 0 saturated carbocycles. The van der Waals surface area contributed by atoms with Gasteiger partial charge in [0.2, 0.25) is 0 Å². The van der Waals surface area contributed by atoms with Crippen LogP contribution in [0.2, 0.25) is 0 Å². The van der Waals surface area contributed by atoms with Crippen LogP contribution in [0.5, 0.6) is 0 Å². The number of hydrogen-bond acceptors (Lipinski definition) is 9. The number of unbranched alkanes of at least 4 members (excludes halogenated alkanes) is 5. The minimum absolute atomic E-state index is 0.280. The fourth-order valence-electron chi connectivity index (χ4n) is 2.68. The first-order chi connectivity index (χ1) is 15.6. The van der Waals surface area contributed by atoms with Gasteiger partial charge in [-0.1, -0.05) is 86.6 Å². The van der Waals surface area contributed by atoms with Gasteiger partial charge in [-0.25, -0.2) is 0 Å². The molecule has 0 fully saturated rings. The summed E-state index contributed by atoms with van der Waals surface area (Å²) in [5.41, 5.74) is 0. The minimum atomic E-state index is -0.689. The molecule has 0 unspecified atom stereocenters. The monoisotopic (exact) mass is 586 g/mol. The highest BCUT2D eigenvalue weighted by atomic mass is 32.3. The van der Waals surface area contributed by atoms with E-state index in [4.69, 9.17) is 5.11 Å². The summed E-state index contributed by atoms with van der Waals surface area (Å²) in [7, 11) is 0. The molecule has 2 heterocycles. The second-order valence-electron chi connectivity index (χ2n) is 7.15. The molecule has 0 bridgehead atoms. The number of carbonyl (C=O) groups is 1. The maximum absolute atomic E-state index is 10.7. The third-order valence-corrected chi connectivity index (χ3v) is 16.1. The second kappa shape index (κ2) is 17.8. The molecular weight excluding hydrogens is 553 g/mol. The van der Waals surface area contributed by atoms with Crippen molar-refractivity contribution in [1.82, 2.24) is 0 Å². The molecule has 10 heteroatoms. The van der Waals surface area contributed by atoms with E-state index in [0.29, 0.717) is 0 Å². The fraction of sp³-hybridized carbons (Fsp3) is 0.682. The number of carboxylic acid groups (broad SMARTS) is 1. The Morgan fingerprint density at radius 2 is 1.09 bits per heavy atom. The van der Waals surface area contributed by atoms with Gasteiger partial charge in [-0.3, -0.25) is 4.79 Å². The van der Waals surface area contributed by atoms with Crippen LogP contribution in [0.3, 0.4) is 0 Å². The van der Waals surface area contributed by atoms with Gasteiger partial charge in [-0.15, -0.1) is 47.0 Å². The zero-order valence-corrected chi connectivity index (χ0v) is 25.6. The lowest BCUT2D eigenvalue weighted by Gasteiger charge is -2.04. The fourth-order valence-corrected chi connectivity index (χ4v) is 14.5. The number of rotatable bonds is 17. The molecule has 0 aromatic heterocycles. The molecule has 0 amide bonds. The van der Waals surface area contributed by atoms with Crippen LogP contribution in [0.25, 0.3) is 0 Å². The van der Waals surface area contributed by atoms with Crippen molar-refractivity contribution >= 4 is 100 Å². The van der Waals surface area contributed by atoms with Crippen LogP contribution in [-0.2, 0) is 4.79 Å². The molecule has 0 aromatic rings. The van der Waals surface area contributed by atoms with Gasteiger partial charge in [0.1, 0.15) is 0 Å². The summed E-state index contributed by atoms with van der Waals surface area (Å²) < 4.78 is 8.76. The molecule has 0 spiro atoms. The molecule has 0 aliphatic carbocycles. The number of hydrogen-bond donors (Lipinski definition) is 1. The van der Waals surface area contributed by atoms with E-state index in [1.165, 1.54) is 75.5 Å². The highest BCUT2D eigenvalue weighted by Gasteiger charge is 2.30. The Labute approximate surface area is 228 Å². The number of aliphatic carboxylic acids is 1. The number of thioether (sulfide) groups is 8. The number of carboxylic acids is 1.